The van der Waals surface area contributed by atoms with Crippen LogP contribution in [0.1, 0.15) is 37.3 Å². The molecule has 1 unspecified atom stereocenters. The van der Waals surface area contributed by atoms with E-state index in [1.54, 1.807) is 0 Å². The monoisotopic (exact) mass is 335 g/mol. The van der Waals surface area contributed by atoms with Crippen LogP contribution in [0.3, 0.4) is 0 Å². The minimum atomic E-state index is -0.563. The van der Waals surface area contributed by atoms with Crippen molar-refractivity contribution in [2.75, 3.05) is 11.9 Å². The van der Waals surface area contributed by atoms with Crippen molar-refractivity contribution in [1.29, 1.82) is 0 Å². The molecular weight excluding hydrogens is 318 g/mol. The third-order valence-corrected chi connectivity index (χ3v) is 3.30. The molecule has 1 atom stereocenters. The van der Waals surface area contributed by atoms with Crippen molar-refractivity contribution >= 4 is 21.7 Å². The van der Waals surface area contributed by atoms with Crippen molar-refractivity contribution < 1.29 is 5.11 Å². The van der Waals surface area contributed by atoms with Gasteiger partial charge in [-0.1, -0.05) is 44.2 Å². The molecule has 0 aliphatic carbocycles. The van der Waals surface area contributed by atoms with E-state index in [4.69, 9.17) is 0 Å². The van der Waals surface area contributed by atoms with Gasteiger partial charge in [0.2, 0.25) is 0 Å². The van der Waals surface area contributed by atoms with Crippen LogP contribution in [-0.4, -0.2) is 21.6 Å². The van der Waals surface area contributed by atoms with Gasteiger partial charge in [-0.25, -0.2) is 9.97 Å². The molecule has 1 aromatic carbocycles. The molecule has 2 N–H and O–H groups in total. The van der Waals surface area contributed by atoms with E-state index in [1.807, 2.05) is 50.2 Å². The highest BCUT2D eigenvalue weighted by Gasteiger charge is 2.09. The lowest BCUT2D eigenvalue weighted by atomic mass is 10.1. The van der Waals surface area contributed by atoms with E-state index in [0.717, 1.165) is 16.0 Å². The summed E-state index contributed by atoms with van der Waals surface area (Å²) in [5.74, 6) is 1.74. The number of rotatable bonds is 5. The van der Waals surface area contributed by atoms with Gasteiger partial charge in [0.05, 0.1) is 6.10 Å². The number of aliphatic hydroxyl groups excluding tert-OH is 1. The van der Waals surface area contributed by atoms with E-state index in [2.05, 4.69) is 31.2 Å². The van der Waals surface area contributed by atoms with Crippen LogP contribution < -0.4 is 5.32 Å². The zero-order chi connectivity index (χ0) is 14.5. The number of hydrogen-bond acceptors (Lipinski definition) is 4. The van der Waals surface area contributed by atoms with Gasteiger partial charge < -0.3 is 10.4 Å². The lowest BCUT2D eigenvalue weighted by Gasteiger charge is -2.14. The molecule has 0 fully saturated rings. The van der Waals surface area contributed by atoms with Crippen LogP contribution in [0.5, 0.6) is 0 Å². The first-order valence-electron chi connectivity index (χ1n) is 6.57. The molecule has 1 aromatic heterocycles. The Kier molecular flexibility index (Phi) is 5.09. The number of benzene rings is 1. The Labute approximate surface area is 127 Å². The van der Waals surface area contributed by atoms with Crippen LogP contribution in [0.2, 0.25) is 0 Å². The number of nitrogens with one attached hydrogen (secondary N) is 1. The number of halogens is 1. The molecule has 0 amide bonds. The molecular formula is C15H18BrN3O. The van der Waals surface area contributed by atoms with Gasteiger partial charge in [0.25, 0.3) is 0 Å². The van der Waals surface area contributed by atoms with Crippen molar-refractivity contribution in [3.05, 3.63) is 52.4 Å². The standard InChI is InChI=1S/C15H18BrN3O/c1-10(2)15-18-13(16)8-14(19-15)17-9-12(20)11-6-4-3-5-7-11/h3-8,10,12,20H,9H2,1-2H3,(H,17,18,19). The van der Waals surface area contributed by atoms with E-state index in [9.17, 15) is 5.11 Å². The van der Waals surface area contributed by atoms with Crippen LogP contribution in [0.25, 0.3) is 0 Å². The maximum Gasteiger partial charge on any atom is 0.134 e. The predicted octanol–water partition coefficient (Wildman–Crippen LogP) is 3.51. The van der Waals surface area contributed by atoms with Crippen molar-refractivity contribution in [3.63, 3.8) is 0 Å². The quantitative estimate of drug-likeness (QED) is 0.821. The first-order valence-corrected chi connectivity index (χ1v) is 7.37. The summed E-state index contributed by atoms with van der Waals surface area (Å²) in [5.41, 5.74) is 0.886. The highest BCUT2D eigenvalue weighted by atomic mass is 79.9. The number of aliphatic hydroxyl groups is 1. The van der Waals surface area contributed by atoms with Gasteiger partial charge >= 0.3 is 0 Å². The average molecular weight is 336 g/mol. The maximum absolute atomic E-state index is 10.1. The molecule has 0 aliphatic rings. The Morgan fingerprint density at radius 3 is 2.55 bits per heavy atom. The number of aromatic nitrogens is 2. The average Bonchev–Trinajstić information content (AvgIpc) is 2.45. The molecule has 2 aromatic rings. The Bertz CT molecular complexity index is 560. The minimum absolute atomic E-state index is 0.257. The lowest BCUT2D eigenvalue weighted by Crippen LogP contribution is -2.14. The van der Waals surface area contributed by atoms with E-state index >= 15 is 0 Å². The Balaban J connectivity index is 2.04. The second kappa shape index (κ2) is 6.81. The summed E-state index contributed by atoms with van der Waals surface area (Å²) in [6.07, 6.45) is -0.563. The highest BCUT2D eigenvalue weighted by molar-refractivity contribution is 9.10. The van der Waals surface area contributed by atoms with Crippen molar-refractivity contribution in [2.24, 2.45) is 0 Å². The fraction of sp³-hybridized carbons (Fsp3) is 0.333. The topological polar surface area (TPSA) is 58.0 Å². The van der Waals surface area contributed by atoms with E-state index in [0.29, 0.717) is 12.4 Å². The molecule has 0 saturated carbocycles. The summed E-state index contributed by atoms with van der Waals surface area (Å²) in [5, 5.41) is 13.3. The zero-order valence-corrected chi connectivity index (χ0v) is 13.1. The molecule has 106 valence electrons. The lowest BCUT2D eigenvalue weighted by molar-refractivity contribution is 0.191. The molecule has 0 bridgehead atoms. The molecule has 5 heteroatoms. The molecule has 4 nitrogen and oxygen atoms in total. The Hall–Kier alpha value is -1.46. The first-order chi connectivity index (χ1) is 9.56. The van der Waals surface area contributed by atoms with Crippen LogP contribution in [0, 0.1) is 0 Å². The summed E-state index contributed by atoms with van der Waals surface area (Å²) in [7, 11) is 0. The SMILES string of the molecule is CC(C)c1nc(Br)cc(NCC(O)c2ccccc2)n1. The van der Waals surface area contributed by atoms with Crippen LogP contribution in [-0.2, 0) is 0 Å². The largest absolute Gasteiger partial charge is 0.387 e. The van der Waals surface area contributed by atoms with Crippen molar-refractivity contribution in [2.45, 2.75) is 25.9 Å². The first kappa shape index (κ1) is 14.9. The Morgan fingerprint density at radius 2 is 1.90 bits per heavy atom. The van der Waals surface area contributed by atoms with Crippen LogP contribution >= 0.6 is 15.9 Å². The smallest absolute Gasteiger partial charge is 0.134 e. The van der Waals surface area contributed by atoms with E-state index < -0.39 is 6.10 Å². The van der Waals surface area contributed by atoms with Crippen LogP contribution in [0.4, 0.5) is 5.82 Å². The highest BCUT2D eigenvalue weighted by Crippen LogP contribution is 2.19. The molecule has 0 spiro atoms. The van der Waals surface area contributed by atoms with Gasteiger partial charge in [-0.2, -0.15) is 0 Å². The number of nitrogens with zero attached hydrogens (tertiary/aromatic N) is 2. The third-order valence-electron chi connectivity index (χ3n) is 2.89. The molecule has 0 aliphatic heterocycles. The van der Waals surface area contributed by atoms with Crippen LogP contribution in [0.15, 0.2) is 41.0 Å². The minimum Gasteiger partial charge on any atom is -0.387 e. The van der Waals surface area contributed by atoms with Gasteiger partial charge in [-0.3, -0.25) is 0 Å². The molecule has 20 heavy (non-hydrogen) atoms. The summed E-state index contributed by atoms with van der Waals surface area (Å²) in [6, 6.07) is 11.4. The Morgan fingerprint density at radius 1 is 1.20 bits per heavy atom. The summed E-state index contributed by atoms with van der Waals surface area (Å²) in [6.45, 7) is 4.50. The maximum atomic E-state index is 10.1. The summed E-state index contributed by atoms with van der Waals surface area (Å²) < 4.78 is 0.743. The molecule has 0 radical (unpaired) electrons. The van der Waals surface area contributed by atoms with Gasteiger partial charge in [-0.05, 0) is 21.5 Å². The van der Waals surface area contributed by atoms with E-state index in [1.165, 1.54) is 0 Å². The molecule has 0 saturated heterocycles. The summed E-state index contributed by atoms with van der Waals surface area (Å²) >= 11 is 3.38. The van der Waals surface area contributed by atoms with Gasteiger partial charge in [0.15, 0.2) is 0 Å². The third kappa shape index (κ3) is 4.02. The van der Waals surface area contributed by atoms with Gasteiger partial charge in [0.1, 0.15) is 16.2 Å². The number of hydrogen-bond donors (Lipinski definition) is 2. The second-order valence-corrected chi connectivity index (χ2v) is 5.71. The van der Waals surface area contributed by atoms with Crippen molar-refractivity contribution in [3.8, 4) is 0 Å². The second-order valence-electron chi connectivity index (χ2n) is 4.90. The fourth-order valence-electron chi connectivity index (χ4n) is 1.78. The van der Waals surface area contributed by atoms with Gasteiger partial charge in [-0.15, -0.1) is 0 Å². The molecule has 1 heterocycles. The normalized spacial score (nSPS) is 12.4. The summed E-state index contributed by atoms with van der Waals surface area (Å²) in [4.78, 5) is 8.76. The van der Waals surface area contributed by atoms with E-state index in [-0.39, 0.29) is 5.92 Å². The van der Waals surface area contributed by atoms with Crippen molar-refractivity contribution in [1.82, 2.24) is 9.97 Å². The van der Waals surface area contributed by atoms with Gasteiger partial charge in [0, 0.05) is 18.5 Å². The number of anilines is 1. The fourth-order valence-corrected chi connectivity index (χ4v) is 2.18. The zero-order valence-electron chi connectivity index (χ0n) is 11.5. The predicted molar refractivity (Wildman–Crippen MR) is 83.7 cm³/mol. The molecule has 2 rings (SSSR count).